The highest BCUT2D eigenvalue weighted by Crippen LogP contribution is 2.32. The van der Waals surface area contributed by atoms with E-state index in [1.807, 2.05) is 11.8 Å². The predicted octanol–water partition coefficient (Wildman–Crippen LogP) is 4.51. The number of carbonyl (C=O) groups is 3. The molecule has 0 saturated heterocycles. The van der Waals surface area contributed by atoms with E-state index >= 15 is 0 Å². The van der Waals surface area contributed by atoms with Crippen molar-refractivity contribution in [3.63, 3.8) is 0 Å². The fourth-order valence-electron chi connectivity index (χ4n) is 2.94. The van der Waals surface area contributed by atoms with Gasteiger partial charge in [-0.3, -0.25) is 10.2 Å². The Kier molecular flexibility index (Phi) is 9.57. The summed E-state index contributed by atoms with van der Waals surface area (Å²) in [6, 6.07) is 8.48. The molecule has 1 heterocycles. The second kappa shape index (κ2) is 12.1. The SMILES string of the molecule is CCN(CC(C)(C)C(=O)O)c1nc2ccc(C(=O)Oc3ccc(C(=N)N)cc3F)cc2s1.O=C(O)C(F)(F)F. The first-order chi connectivity index (χ1) is 18.0. The zero-order chi connectivity index (χ0) is 29.7. The molecule has 1 aromatic heterocycles. The van der Waals surface area contributed by atoms with E-state index in [0.717, 1.165) is 6.07 Å². The molecule has 0 atom stereocenters. The van der Waals surface area contributed by atoms with Gasteiger partial charge in [-0.1, -0.05) is 11.3 Å². The number of carbonyl (C=O) groups excluding carboxylic acids is 1. The number of nitrogens with two attached hydrogens (primary N) is 1. The van der Waals surface area contributed by atoms with E-state index < -0.39 is 35.3 Å². The van der Waals surface area contributed by atoms with Gasteiger partial charge in [-0.25, -0.2) is 19.0 Å². The Balaban J connectivity index is 0.000000673. The first-order valence-corrected chi connectivity index (χ1v) is 11.8. The summed E-state index contributed by atoms with van der Waals surface area (Å²) < 4.78 is 51.8. The van der Waals surface area contributed by atoms with Crippen LogP contribution in [0.3, 0.4) is 0 Å². The maximum atomic E-state index is 14.2. The minimum absolute atomic E-state index is 0.187. The van der Waals surface area contributed by atoms with Crippen LogP contribution in [0.4, 0.5) is 22.7 Å². The number of hydrogen-bond acceptors (Lipinski definition) is 8. The van der Waals surface area contributed by atoms with E-state index in [1.54, 1.807) is 26.0 Å². The second-order valence-electron chi connectivity index (χ2n) is 8.63. The molecule has 0 aliphatic heterocycles. The lowest BCUT2D eigenvalue weighted by Gasteiger charge is -2.28. The second-order valence-corrected chi connectivity index (χ2v) is 9.64. The third-order valence-electron chi connectivity index (χ3n) is 5.12. The standard InChI is InChI=1S/C22H23FN4O4S.C2HF3O2/c1-4-27(11-22(2,3)20(29)30)21-26-15-7-5-13(10-17(15)32-21)19(28)31-16-8-6-12(18(24)25)9-14(16)23;3-2(4,5)1(6)7/h5-10H,4,11H2,1-3H3,(H3,24,25)(H,29,30);(H,6,7). The summed E-state index contributed by atoms with van der Waals surface area (Å²) in [5.41, 5.74) is 5.44. The molecule has 2 aromatic carbocycles. The number of thiazole rings is 1. The summed E-state index contributed by atoms with van der Waals surface area (Å²) >= 11 is 1.33. The van der Waals surface area contributed by atoms with Crippen LogP contribution in [0.25, 0.3) is 10.2 Å². The van der Waals surface area contributed by atoms with Crippen LogP contribution < -0.4 is 15.4 Å². The molecule has 3 aromatic rings. The monoisotopic (exact) mass is 572 g/mol. The smallest absolute Gasteiger partial charge is 0.481 e. The number of fused-ring (bicyclic) bond motifs is 1. The molecule has 210 valence electrons. The normalized spacial score (nSPS) is 11.4. The number of esters is 1. The maximum Gasteiger partial charge on any atom is 0.490 e. The van der Waals surface area contributed by atoms with Crippen molar-refractivity contribution in [2.75, 3.05) is 18.0 Å². The van der Waals surface area contributed by atoms with Crippen molar-refractivity contribution in [1.82, 2.24) is 4.98 Å². The average molecular weight is 573 g/mol. The van der Waals surface area contributed by atoms with Crippen molar-refractivity contribution in [2.24, 2.45) is 11.1 Å². The van der Waals surface area contributed by atoms with E-state index in [1.165, 1.54) is 29.5 Å². The summed E-state index contributed by atoms with van der Waals surface area (Å²) in [7, 11) is 0. The lowest BCUT2D eigenvalue weighted by Crippen LogP contribution is -2.39. The van der Waals surface area contributed by atoms with Gasteiger partial charge in [0.15, 0.2) is 16.7 Å². The minimum atomic E-state index is -5.08. The maximum absolute atomic E-state index is 14.2. The highest BCUT2D eigenvalue weighted by atomic mass is 32.1. The van der Waals surface area contributed by atoms with E-state index in [0.29, 0.717) is 21.9 Å². The summed E-state index contributed by atoms with van der Waals surface area (Å²) in [6.07, 6.45) is -5.08. The van der Waals surface area contributed by atoms with Crippen LogP contribution in [-0.4, -0.2) is 58.2 Å². The van der Waals surface area contributed by atoms with Gasteiger partial charge in [0.25, 0.3) is 0 Å². The molecule has 0 bridgehead atoms. The average Bonchev–Trinajstić information content (AvgIpc) is 3.26. The fraction of sp³-hybridized carbons (Fsp3) is 0.292. The van der Waals surface area contributed by atoms with Crippen LogP contribution in [0.2, 0.25) is 0 Å². The summed E-state index contributed by atoms with van der Waals surface area (Å²) in [5.74, 6) is -5.75. The highest BCUT2D eigenvalue weighted by molar-refractivity contribution is 7.22. The van der Waals surface area contributed by atoms with Crippen molar-refractivity contribution >= 4 is 50.4 Å². The molecule has 0 unspecified atom stereocenters. The van der Waals surface area contributed by atoms with Gasteiger partial charge in [-0.05, 0) is 57.2 Å². The number of halogens is 4. The van der Waals surface area contributed by atoms with Crippen LogP contribution >= 0.6 is 11.3 Å². The Labute approximate surface area is 223 Å². The molecule has 0 aliphatic rings. The Morgan fingerprint density at radius 1 is 1.08 bits per heavy atom. The topological polar surface area (TPSA) is 167 Å². The molecule has 39 heavy (non-hydrogen) atoms. The number of nitrogens with one attached hydrogen (secondary N) is 1. The van der Waals surface area contributed by atoms with Crippen LogP contribution in [0.5, 0.6) is 5.75 Å². The number of carboxylic acid groups (broad SMARTS) is 2. The van der Waals surface area contributed by atoms with Gasteiger partial charge < -0.3 is 25.6 Å². The number of amidine groups is 1. The molecule has 3 rings (SSSR count). The summed E-state index contributed by atoms with van der Waals surface area (Å²) in [5, 5.41) is 24.5. The lowest BCUT2D eigenvalue weighted by atomic mass is 9.93. The van der Waals surface area contributed by atoms with Gasteiger partial charge in [-0.15, -0.1) is 0 Å². The van der Waals surface area contributed by atoms with Crippen molar-refractivity contribution in [3.05, 3.63) is 53.3 Å². The number of alkyl halides is 3. The summed E-state index contributed by atoms with van der Waals surface area (Å²) in [6.45, 7) is 6.08. The van der Waals surface area contributed by atoms with E-state index in [2.05, 4.69) is 4.98 Å². The molecular weight excluding hydrogens is 548 g/mol. The number of nitrogens with zero attached hydrogens (tertiary/aromatic N) is 2. The lowest BCUT2D eigenvalue weighted by molar-refractivity contribution is -0.192. The third kappa shape index (κ3) is 8.10. The number of hydrogen-bond donors (Lipinski definition) is 4. The molecule has 0 aliphatic carbocycles. The van der Waals surface area contributed by atoms with Crippen LogP contribution in [0.15, 0.2) is 36.4 Å². The molecule has 0 fully saturated rings. The largest absolute Gasteiger partial charge is 0.490 e. The van der Waals surface area contributed by atoms with E-state index in [9.17, 15) is 32.3 Å². The molecule has 0 amide bonds. The Hall–Kier alpha value is -4.27. The van der Waals surface area contributed by atoms with E-state index in [-0.39, 0.29) is 29.3 Å². The van der Waals surface area contributed by atoms with E-state index in [4.69, 9.17) is 25.8 Å². The molecule has 0 radical (unpaired) electrons. The third-order valence-corrected chi connectivity index (χ3v) is 6.20. The number of ether oxygens (including phenoxy) is 1. The quantitative estimate of drug-likeness (QED) is 0.0998. The molecule has 0 spiro atoms. The molecule has 15 heteroatoms. The van der Waals surface area contributed by atoms with Gasteiger partial charge in [0, 0.05) is 18.7 Å². The number of rotatable bonds is 8. The fourth-order valence-corrected chi connectivity index (χ4v) is 4.01. The van der Waals surface area contributed by atoms with Gasteiger partial charge in [0.1, 0.15) is 5.84 Å². The Morgan fingerprint density at radius 3 is 2.15 bits per heavy atom. The Morgan fingerprint density at radius 2 is 1.67 bits per heavy atom. The number of nitrogen functional groups attached to an aromatic ring is 1. The number of benzene rings is 2. The zero-order valence-electron chi connectivity index (χ0n) is 20.8. The zero-order valence-corrected chi connectivity index (χ0v) is 21.6. The van der Waals surface area contributed by atoms with Gasteiger partial charge >= 0.3 is 24.1 Å². The van der Waals surface area contributed by atoms with Gasteiger partial charge in [0.05, 0.1) is 21.2 Å². The van der Waals surface area contributed by atoms with Crippen LogP contribution in [0, 0.1) is 16.6 Å². The molecule has 10 nitrogen and oxygen atoms in total. The number of carboxylic acids is 2. The first-order valence-electron chi connectivity index (χ1n) is 11.0. The van der Waals surface area contributed by atoms with Gasteiger partial charge in [0.2, 0.25) is 0 Å². The molecule has 0 saturated carbocycles. The number of aromatic nitrogens is 1. The predicted molar refractivity (Wildman–Crippen MR) is 135 cm³/mol. The van der Waals surface area contributed by atoms with Crippen LogP contribution in [-0.2, 0) is 9.59 Å². The highest BCUT2D eigenvalue weighted by Gasteiger charge is 2.38. The van der Waals surface area contributed by atoms with Crippen molar-refractivity contribution in [1.29, 1.82) is 5.41 Å². The van der Waals surface area contributed by atoms with Crippen molar-refractivity contribution in [3.8, 4) is 5.75 Å². The number of anilines is 1. The summed E-state index contributed by atoms with van der Waals surface area (Å²) in [4.78, 5) is 39.4. The van der Waals surface area contributed by atoms with Gasteiger partial charge in [-0.2, -0.15) is 13.2 Å². The first kappa shape index (κ1) is 31.0. The van der Waals surface area contributed by atoms with Crippen molar-refractivity contribution < 1.29 is 46.9 Å². The minimum Gasteiger partial charge on any atom is -0.481 e. The number of aliphatic carboxylic acids is 2. The Bertz CT molecular complexity index is 1410. The molecule has 5 N–H and O–H groups in total. The van der Waals surface area contributed by atoms with Crippen molar-refractivity contribution in [2.45, 2.75) is 26.9 Å². The molecular formula is C24H24F4N4O6S. The van der Waals surface area contributed by atoms with Crippen LogP contribution in [0.1, 0.15) is 36.7 Å².